The Hall–Kier alpha value is -2.49. The summed E-state index contributed by atoms with van der Waals surface area (Å²) in [5.74, 6) is 1.38. The SMILES string of the molecule is [CH2]OC(=O)N(C)c1cccc(Oc2ccccc2)c1. The van der Waals surface area contributed by atoms with Gasteiger partial charge in [0.05, 0.1) is 5.69 Å². The van der Waals surface area contributed by atoms with Gasteiger partial charge in [0.15, 0.2) is 0 Å². The van der Waals surface area contributed by atoms with Crippen LogP contribution in [-0.4, -0.2) is 13.1 Å². The van der Waals surface area contributed by atoms with Crippen LogP contribution in [0.5, 0.6) is 11.5 Å². The van der Waals surface area contributed by atoms with E-state index >= 15 is 0 Å². The van der Waals surface area contributed by atoms with Crippen LogP contribution in [-0.2, 0) is 4.74 Å². The number of ether oxygens (including phenoxy) is 2. The Balaban J connectivity index is 2.18. The number of carbonyl (C=O) groups excluding carboxylic acids is 1. The van der Waals surface area contributed by atoms with Crippen molar-refractivity contribution in [3.05, 3.63) is 61.7 Å². The van der Waals surface area contributed by atoms with Gasteiger partial charge < -0.3 is 9.47 Å². The molecule has 2 aromatic rings. The van der Waals surface area contributed by atoms with Crippen LogP contribution in [0, 0.1) is 7.11 Å². The minimum Gasteiger partial charge on any atom is -0.457 e. The molecule has 4 heteroatoms. The summed E-state index contributed by atoms with van der Waals surface area (Å²) in [5, 5.41) is 0. The highest BCUT2D eigenvalue weighted by molar-refractivity contribution is 5.87. The van der Waals surface area contributed by atoms with Crippen molar-refractivity contribution >= 4 is 11.8 Å². The maximum absolute atomic E-state index is 11.4. The van der Waals surface area contributed by atoms with Crippen molar-refractivity contribution < 1.29 is 14.3 Å². The average Bonchev–Trinajstić information content (AvgIpc) is 2.47. The molecule has 2 aromatic carbocycles. The molecule has 0 atom stereocenters. The number of hydrogen-bond acceptors (Lipinski definition) is 3. The fourth-order valence-electron chi connectivity index (χ4n) is 1.58. The van der Waals surface area contributed by atoms with Crippen molar-refractivity contribution in [1.29, 1.82) is 0 Å². The second kappa shape index (κ2) is 5.91. The molecule has 0 bridgehead atoms. The van der Waals surface area contributed by atoms with Crippen LogP contribution >= 0.6 is 0 Å². The van der Waals surface area contributed by atoms with Crippen LogP contribution in [0.4, 0.5) is 10.5 Å². The number of benzene rings is 2. The minimum absolute atomic E-state index is 0.531. The molecule has 97 valence electrons. The third-order valence-corrected chi connectivity index (χ3v) is 2.58. The molecule has 0 N–H and O–H groups in total. The van der Waals surface area contributed by atoms with Gasteiger partial charge >= 0.3 is 6.09 Å². The zero-order valence-electron chi connectivity index (χ0n) is 10.6. The van der Waals surface area contributed by atoms with E-state index in [2.05, 4.69) is 11.8 Å². The summed E-state index contributed by atoms with van der Waals surface area (Å²) in [5.41, 5.74) is 0.669. The Morgan fingerprint density at radius 2 is 1.74 bits per heavy atom. The number of nitrogens with zero attached hydrogens (tertiary/aromatic N) is 1. The summed E-state index contributed by atoms with van der Waals surface area (Å²) in [6.45, 7) is 0. The molecule has 1 amide bonds. The van der Waals surface area contributed by atoms with E-state index in [1.54, 1.807) is 25.2 Å². The molecule has 1 radical (unpaired) electrons. The smallest absolute Gasteiger partial charge is 0.414 e. The first-order valence-corrected chi connectivity index (χ1v) is 5.73. The Labute approximate surface area is 112 Å². The van der Waals surface area contributed by atoms with Gasteiger partial charge in [-0.25, -0.2) is 4.79 Å². The second-order valence-corrected chi connectivity index (χ2v) is 3.88. The van der Waals surface area contributed by atoms with Crippen molar-refractivity contribution in [1.82, 2.24) is 0 Å². The zero-order valence-corrected chi connectivity index (χ0v) is 10.6. The van der Waals surface area contributed by atoms with Crippen molar-refractivity contribution in [3.8, 4) is 11.5 Å². The normalized spacial score (nSPS) is 9.79. The molecule has 0 saturated heterocycles. The lowest BCUT2D eigenvalue weighted by atomic mass is 10.3. The number of anilines is 1. The molecule has 0 saturated carbocycles. The third-order valence-electron chi connectivity index (χ3n) is 2.58. The Bertz CT molecular complexity index is 554. The number of rotatable bonds is 3. The van der Waals surface area contributed by atoms with E-state index in [4.69, 9.17) is 4.74 Å². The summed E-state index contributed by atoms with van der Waals surface area (Å²) in [7, 11) is 4.71. The molecule has 0 unspecified atom stereocenters. The molecule has 4 nitrogen and oxygen atoms in total. The van der Waals surface area contributed by atoms with Gasteiger partial charge in [-0.05, 0) is 24.3 Å². The maximum atomic E-state index is 11.4. The zero-order chi connectivity index (χ0) is 13.7. The number of para-hydroxylation sites is 1. The van der Waals surface area contributed by atoms with E-state index in [1.165, 1.54) is 4.90 Å². The number of hydrogen-bond donors (Lipinski definition) is 0. The second-order valence-electron chi connectivity index (χ2n) is 3.88. The van der Waals surface area contributed by atoms with E-state index in [0.29, 0.717) is 11.4 Å². The molecule has 0 aliphatic carbocycles. The monoisotopic (exact) mass is 256 g/mol. The molecule has 0 aliphatic heterocycles. The molecule has 0 aliphatic rings. The molecule has 0 fully saturated rings. The van der Waals surface area contributed by atoms with Gasteiger partial charge in [-0.15, -0.1) is 0 Å². The fourth-order valence-corrected chi connectivity index (χ4v) is 1.58. The highest BCUT2D eigenvalue weighted by Gasteiger charge is 2.11. The quantitative estimate of drug-likeness (QED) is 0.837. The molecule has 19 heavy (non-hydrogen) atoms. The first-order chi connectivity index (χ1) is 9.20. The first-order valence-electron chi connectivity index (χ1n) is 5.73. The van der Waals surface area contributed by atoms with E-state index in [0.717, 1.165) is 5.75 Å². The van der Waals surface area contributed by atoms with Crippen LogP contribution < -0.4 is 9.64 Å². The largest absolute Gasteiger partial charge is 0.457 e. The van der Waals surface area contributed by atoms with Crippen molar-refractivity contribution in [2.45, 2.75) is 0 Å². The maximum Gasteiger partial charge on any atom is 0.414 e. The topological polar surface area (TPSA) is 38.8 Å². The molecular weight excluding hydrogens is 242 g/mol. The lowest BCUT2D eigenvalue weighted by Crippen LogP contribution is -2.25. The predicted molar refractivity (Wildman–Crippen MR) is 73.2 cm³/mol. The van der Waals surface area contributed by atoms with E-state index in [1.807, 2.05) is 36.4 Å². The Kier molecular flexibility index (Phi) is 4.03. The number of amides is 1. The molecule has 0 aromatic heterocycles. The minimum atomic E-state index is -0.531. The summed E-state index contributed by atoms with van der Waals surface area (Å²) in [6, 6.07) is 16.6. The van der Waals surface area contributed by atoms with Crippen LogP contribution in [0.25, 0.3) is 0 Å². The van der Waals surface area contributed by atoms with Crippen molar-refractivity contribution in [3.63, 3.8) is 0 Å². The predicted octanol–water partition coefficient (Wildman–Crippen LogP) is 3.84. The van der Waals surface area contributed by atoms with Gasteiger partial charge in [-0.3, -0.25) is 4.90 Å². The van der Waals surface area contributed by atoms with Gasteiger partial charge in [0, 0.05) is 13.1 Å². The standard InChI is InChI=1S/C15H14NO3/c1-16(15(17)18-2)12-7-6-10-14(11-12)19-13-8-4-3-5-9-13/h3-11H,2H2,1H3. The summed E-state index contributed by atoms with van der Waals surface area (Å²) >= 11 is 0. The summed E-state index contributed by atoms with van der Waals surface area (Å²) in [4.78, 5) is 12.7. The molecule has 2 rings (SSSR count). The Morgan fingerprint density at radius 1 is 1.05 bits per heavy atom. The number of carbonyl (C=O) groups is 1. The summed E-state index contributed by atoms with van der Waals surface area (Å²) in [6.07, 6.45) is -0.531. The van der Waals surface area contributed by atoms with Gasteiger partial charge in [-0.1, -0.05) is 24.3 Å². The fraction of sp³-hybridized carbons (Fsp3) is 0.0667. The van der Waals surface area contributed by atoms with E-state index in [-0.39, 0.29) is 0 Å². The van der Waals surface area contributed by atoms with Crippen molar-refractivity contribution in [2.24, 2.45) is 0 Å². The van der Waals surface area contributed by atoms with E-state index < -0.39 is 6.09 Å². The van der Waals surface area contributed by atoms with Crippen LogP contribution in [0.2, 0.25) is 0 Å². The van der Waals surface area contributed by atoms with Crippen LogP contribution in [0.3, 0.4) is 0 Å². The molecular formula is C15H14NO3. The lowest BCUT2D eigenvalue weighted by Gasteiger charge is -2.16. The third kappa shape index (κ3) is 3.25. The van der Waals surface area contributed by atoms with Crippen LogP contribution in [0.1, 0.15) is 0 Å². The first kappa shape index (κ1) is 13.0. The highest BCUT2D eigenvalue weighted by atomic mass is 16.5. The van der Waals surface area contributed by atoms with Gasteiger partial charge in [0.1, 0.15) is 18.6 Å². The van der Waals surface area contributed by atoms with E-state index in [9.17, 15) is 4.79 Å². The molecule has 0 heterocycles. The van der Waals surface area contributed by atoms with Crippen molar-refractivity contribution in [2.75, 3.05) is 11.9 Å². The van der Waals surface area contributed by atoms with Gasteiger partial charge in [0.2, 0.25) is 0 Å². The van der Waals surface area contributed by atoms with Gasteiger partial charge in [-0.2, -0.15) is 0 Å². The molecule has 0 spiro atoms. The van der Waals surface area contributed by atoms with Crippen LogP contribution in [0.15, 0.2) is 54.6 Å². The summed E-state index contributed by atoms with van der Waals surface area (Å²) < 4.78 is 10.1. The average molecular weight is 256 g/mol. The van der Waals surface area contributed by atoms with Gasteiger partial charge in [0.25, 0.3) is 0 Å². The highest BCUT2D eigenvalue weighted by Crippen LogP contribution is 2.25. The Morgan fingerprint density at radius 3 is 2.42 bits per heavy atom. The lowest BCUT2D eigenvalue weighted by molar-refractivity contribution is 0.192.